The van der Waals surface area contributed by atoms with Crippen LogP contribution in [0, 0.1) is 24.5 Å². The number of benzene rings is 7. The molecule has 0 aliphatic carbocycles. The maximum absolute atomic E-state index is 9.63. The predicted molar refractivity (Wildman–Crippen MR) is 203 cm³/mol. The Morgan fingerprint density at radius 1 is 0.480 bits per heavy atom. The summed E-state index contributed by atoms with van der Waals surface area (Å²) >= 11 is 0. The van der Waals surface area contributed by atoms with Crippen LogP contribution in [0.2, 0.25) is 0 Å². The van der Waals surface area contributed by atoms with E-state index < -0.39 is 0 Å². The second kappa shape index (κ2) is 11.4. The van der Waals surface area contributed by atoms with E-state index in [1.165, 1.54) is 0 Å². The van der Waals surface area contributed by atoms with Crippen molar-refractivity contribution in [2.45, 2.75) is 0 Å². The number of para-hydroxylation sites is 3. The van der Waals surface area contributed by atoms with Gasteiger partial charge in [-0.2, -0.15) is 5.26 Å². The van der Waals surface area contributed by atoms with Crippen molar-refractivity contribution in [3.05, 3.63) is 180 Å². The molecule has 0 unspecified atom stereocenters. The van der Waals surface area contributed by atoms with E-state index in [1.54, 1.807) is 0 Å². The molecule has 0 spiro atoms. The van der Waals surface area contributed by atoms with E-state index in [0.717, 1.165) is 77.2 Å². The van der Waals surface area contributed by atoms with Crippen molar-refractivity contribution in [1.29, 1.82) is 5.26 Å². The molecule has 0 N–H and O–H groups in total. The highest BCUT2D eigenvalue weighted by Crippen LogP contribution is 2.45. The summed E-state index contributed by atoms with van der Waals surface area (Å²) in [5.41, 5.74) is 11.5. The first-order chi connectivity index (χ1) is 24.7. The Balaban J connectivity index is 1.29. The summed E-state index contributed by atoms with van der Waals surface area (Å²) in [6, 6.07) is 53.2. The van der Waals surface area contributed by atoms with Gasteiger partial charge in [-0.25, -0.2) is 9.69 Å². The van der Waals surface area contributed by atoms with Crippen molar-refractivity contribution >= 4 is 55.0 Å². The molecule has 50 heavy (non-hydrogen) atoms. The Labute approximate surface area is 288 Å². The maximum atomic E-state index is 9.63. The monoisotopic (exact) mass is 635 g/mol. The molecule has 9 aromatic rings. The number of hydrogen-bond acceptors (Lipinski definition) is 1. The number of nitriles is 1. The molecule has 0 amide bonds. The summed E-state index contributed by atoms with van der Waals surface area (Å²) in [5.74, 6) is 0. The second-order valence-corrected chi connectivity index (χ2v) is 12.2. The molecule has 0 saturated heterocycles. The van der Waals surface area contributed by atoms with Gasteiger partial charge in [0.1, 0.15) is 0 Å². The Morgan fingerprint density at radius 2 is 1.10 bits per heavy atom. The lowest BCUT2D eigenvalue weighted by Crippen LogP contribution is -1.99. The normalized spacial score (nSPS) is 11.1. The van der Waals surface area contributed by atoms with E-state index in [0.29, 0.717) is 16.9 Å². The Bertz CT molecular complexity index is 2970. The molecule has 0 radical (unpaired) electrons. The van der Waals surface area contributed by atoms with Crippen LogP contribution in [0.5, 0.6) is 0 Å². The number of rotatable bonds is 4. The van der Waals surface area contributed by atoms with Gasteiger partial charge in [-0.3, -0.25) is 0 Å². The van der Waals surface area contributed by atoms with Gasteiger partial charge < -0.3 is 9.13 Å². The summed E-state index contributed by atoms with van der Waals surface area (Å²) < 4.78 is 4.42. The molecule has 9 rings (SSSR count). The number of hydrogen-bond donors (Lipinski definition) is 0. The zero-order valence-corrected chi connectivity index (χ0v) is 26.7. The van der Waals surface area contributed by atoms with Crippen LogP contribution in [-0.4, -0.2) is 9.13 Å². The SMILES string of the molecule is [C-]#[N+]c1cccc(-c2ccccc2-c2cccc(-n3c4ccccc4c4cc(C#N)ccc43)c2)c1-n1c2ccccc2c2c([N+]#[C-])cccc21. The summed E-state index contributed by atoms with van der Waals surface area (Å²) in [5, 5.41) is 13.6. The number of aromatic nitrogens is 2. The lowest BCUT2D eigenvalue weighted by Gasteiger charge is -2.19. The molecule has 0 bridgehead atoms. The van der Waals surface area contributed by atoms with E-state index in [9.17, 15) is 5.26 Å². The van der Waals surface area contributed by atoms with E-state index in [2.05, 4.69) is 97.7 Å². The maximum Gasteiger partial charge on any atom is 0.211 e. The minimum Gasteiger partial charge on any atom is -0.320 e. The van der Waals surface area contributed by atoms with Crippen LogP contribution in [0.25, 0.3) is 86.9 Å². The van der Waals surface area contributed by atoms with Crippen molar-refractivity contribution in [2.24, 2.45) is 0 Å². The molecule has 0 aliphatic heterocycles. The topological polar surface area (TPSA) is 42.4 Å². The first kappa shape index (κ1) is 28.8. The molecule has 0 saturated carbocycles. The van der Waals surface area contributed by atoms with Gasteiger partial charge in [-0.05, 0) is 76.2 Å². The van der Waals surface area contributed by atoms with Gasteiger partial charge in [0.25, 0.3) is 0 Å². The standard InChI is InChI=1S/C45H25N5/c1-47-38-19-11-23-43-44(38)36-17-6-8-22-41(36)50(43)45-35(18-10-20-39(45)48-2)33-15-4-3-14-32(33)30-12-9-13-31(27-30)49-40-21-7-5-16-34(40)37-26-29(28-46)24-25-42(37)49/h3-27H. The molecule has 2 heterocycles. The lowest BCUT2D eigenvalue weighted by atomic mass is 9.92. The largest absolute Gasteiger partial charge is 0.320 e. The van der Waals surface area contributed by atoms with Crippen molar-refractivity contribution in [2.75, 3.05) is 0 Å². The van der Waals surface area contributed by atoms with Crippen LogP contribution < -0.4 is 0 Å². The van der Waals surface area contributed by atoms with Gasteiger partial charge in [0.2, 0.25) is 5.69 Å². The first-order valence-corrected chi connectivity index (χ1v) is 16.2. The lowest BCUT2D eigenvalue weighted by molar-refractivity contribution is 1.18. The van der Waals surface area contributed by atoms with Crippen molar-refractivity contribution in [3.63, 3.8) is 0 Å². The minimum atomic E-state index is 0.531. The average molecular weight is 636 g/mol. The molecule has 0 aliphatic rings. The summed E-state index contributed by atoms with van der Waals surface area (Å²) in [6.07, 6.45) is 0. The van der Waals surface area contributed by atoms with E-state index in [4.69, 9.17) is 13.1 Å². The molecule has 7 aromatic carbocycles. The van der Waals surface area contributed by atoms with Gasteiger partial charge in [-0.15, -0.1) is 0 Å². The summed E-state index contributed by atoms with van der Waals surface area (Å²) in [7, 11) is 0. The highest BCUT2D eigenvalue weighted by Gasteiger charge is 2.22. The molecule has 5 heteroatoms. The molecular weight excluding hydrogens is 611 g/mol. The van der Waals surface area contributed by atoms with Gasteiger partial charge >= 0.3 is 0 Å². The summed E-state index contributed by atoms with van der Waals surface area (Å²) in [4.78, 5) is 7.90. The molecule has 5 nitrogen and oxygen atoms in total. The van der Waals surface area contributed by atoms with Crippen LogP contribution in [-0.2, 0) is 0 Å². The zero-order valence-electron chi connectivity index (χ0n) is 26.7. The van der Waals surface area contributed by atoms with E-state index >= 15 is 0 Å². The van der Waals surface area contributed by atoms with Gasteiger partial charge in [0.05, 0.1) is 47.0 Å². The van der Waals surface area contributed by atoms with Gasteiger partial charge in [0, 0.05) is 27.4 Å². The summed E-state index contributed by atoms with van der Waals surface area (Å²) in [6.45, 7) is 16.2. The number of nitrogens with zero attached hydrogens (tertiary/aromatic N) is 5. The fraction of sp³-hybridized carbons (Fsp3) is 0. The molecule has 230 valence electrons. The third-order valence-electron chi connectivity index (χ3n) is 9.59. The molecule has 2 aromatic heterocycles. The highest BCUT2D eigenvalue weighted by atomic mass is 15.0. The van der Waals surface area contributed by atoms with Crippen molar-refractivity contribution < 1.29 is 0 Å². The fourth-order valence-corrected chi connectivity index (χ4v) is 7.51. The van der Waals surface area contributed by atoms with Gasteiger partial charge in [0.15, 0.2) is 5.69 Å². The van der Waals surface area contributed by atoms with E-state index in [1.807, 2.05) is 78.9 Å². The van der Waals surface area contributed by atoms with Crippen molar-refractivity contribution in [3.8, 4) is 39.7 Å². The van der Waals surface area contributed by atoms with Crippen LogP contribution in [0.3, 0.4) is 0 Å². The third kappa shape index (κ3) is 4.24. The third-order valence-corrected chi connectivity index (χ3v) is 9.59. The zero-order chi connectivity index (χ0) is 33.8. The number of fused-ring (bicyclic) bond motifs is 6. The minimum absolute atomic E-state index is 0.531. The fourth-order valence-electron chi connectivity index (χ4n) is 7.51. The predicted octanol–water partition coefficient (Wildman–Crippen LogP) is 12.2. The smallest absolute Gasteiger partial charge is 0.211 e. The van der Waals surface area contributed by atoms with Gasteiger partial charge in [-0.1, -0.05) is 103 Å². The Hall–Kier alpha value is -7.39. The second-order valence-electron chi connectivity index (χ2n) is 12.2. The van der Waals surface area contributed by atoms with Crippen LogP contribution in [0.15, 0.2) is 152 Å². The first-order valence-electron chi connectivity index (χ1n) is 16.2. The van der Waals surface area contributed by atoms with Crippen LogP contribution in [0.1, 0.15) is 5.56 Å². The Morgan fingerprint density at radius 3 is 1.90 bits per heavy atom. The van der Waals surface area contributed by atoms with E-state index in [-0.39, 0.29) is 0 Å². The molecular formula is C45H25N5. The Kier molecular flexibility index (Phi) is 6.56. The quantitative estimate of drug-likeness (QED) is 0.177. The molecule has 0 fully saturated rings. The average Bonchev–Trinajstić information content (AvgIpc) is 3.70. The van der Waals surface area contributed by atoms with Crippen molar-refractivity contribution in [1.82, 2.24) is 9.13 Å². The van der Waals surface area contributed by atoms with Crippen LogP contribution >= 0.6 is 0 Å². The highest BCUT2D eigenvalue weighted by molar-refractivity contribution is 6.16. The van der Waals surface area contributed by atoms with Crippen LogP contribution in [0.4, 0.5) is 11.4 Å². The molecule has 0 atom stereocenters.